The second-order valence-electron chi connectivity index (χ2n) is 7.23. The molecule has 1 aromatic rings. The van der Waals surface area contributed by atoms with E-state index in [2.05, 4.69) is 11.2 Å². The van der Waals surface area contributed by atoms with Gasteiger partial charge in [0.2, 0.25) is 5.91 Å². The molecule has 1 aliphatic heterocycles. The number of halogens is 4. The van der Waals surface area contributed by atoms with Gasteiger partial charge >= 0.3 is 6.18 Å². The van der Waals surface area contributed by atoms with Crippen molar-refractivity contribution in [1.29, 1.82) is 0 Å². The minimum atomic E-state index is -4.74. The molecule has 0 aromatic heterocycles. The zero-order valence-corrected chi connectivity index (χ0v) is 16.0. The number of benzene rings is 1. The van der Waals surface area contributed by atoms with Gasteiger partial charge in [-0.2, -0.15) is 13.2 Å². The van der Waals surface area contributed by atoms with Crippen LogP contribution in [0.15, 0.2) is 34.7 Å². The summed E-state index contributed by atoms with van der Waals surface area (Å²) in [4.78, 5) is 11.6. The van der Waals surface area contributed by atoms with Crippen LogP contribution in [-0.4, -0.2) is 39.9 Å². The summed E-state index contributed by atoms with van der Waals surface area (Å²) in [6.07, 6.45) is -0.0260. The van der Waals surface area contributed by atoms with Crippen LogP contribution in [-0.2, 0) is 20.7 Å². The maximum absolute atomic E-state index is 13.7. The number of nitrogens with zero attached hydrogens (tertiary/aromatic N) is 1. The van der Waals surface area contributed by atoms with Crippen molar-refractivity contribution in [1.82, 2.24) is 9.62 Å². The van der Waals surface area contributed by atoms with E-state index in [9.17, 15) is 26.6 Å². The summed E-state index contributed by atoms with van der Waals surface area (Å²) in [5.74, 6) is 2.90. The van der Waals surface area contributed by atoms with Crippen molar-refractivity contribution < 1.29 is 26.6 Å². The van der Waals surface area contributed by atoms with E-state index in [-0.39, 0.29) is 23.9 Å². The number of nitrogens with one attached hydrogen (secondary N) is 1. The monoisotopic (exact) mass is 418 g/mol. The van der Waals surface area contributed by atoms with Gasteiger partial charge in [0.1, 0.15) is 5.82 Å². The Morgan fingerprint density at radius 3 is 2.46 bits per heavy atom. The van der Waals surface area contributed by atoms with Crippen molar-refractivity contribution in [3.05, 3.63) is 41.2 Å². The Morgan fingerprint density at radius 2 is 1.89 bits per heavy atom. The number of rotatable bonds is 5. The van der Waals surface area contributed by atoms with Crippen LogP contribution in [0.2, 0.25) is 0 Å². The molecule has 1 aromatic carbocycles. The number of hydrogen-bond donors (Lipinski definition) is 1. The third kappa shape index (κ3) is 5.14. The summed E-state index contributed by atoms with van der Waals surface area (Å²) in [7, 11) is -3.27. The molecule has 0 spiro atoms. The van der Waals surface area contributed by atoms with Crippen LogP contribution >= 0.6 is 0 Å². The fourth-order valence-corrected chi connectivity index (χ4v) is 4.75. The number of carbonyl (C=O) groups is 1. The molecule has 1 atom stereocenters. The Balaban J connectivity index is 1.67. The van der Waals surface area contributed by atoms with Crippen LogP contribution in [0.4, 0.5) is 17.6 Å². The van der Waals surface area contributed by atoms with Crippen LogP contribution in [0.25, 0.3) is 0 Å². The molecule has 2 aliphatic rings. The predicted molar refractivity (Wildman–Crippen MR) is 99.6 cm³/mol. The van der Waals surface area contributed by atoms with Crippen molar-refractivity contribution in [2.45, 2.75) is 36.8 Å². The SMILES string of the molecule is C=S(=O)(c1cc(F)cc(C(F)(F)F)c1)N1CCC(=CC(=O)NCC2CC2)CC1. The molecule has 2 fully saturated rings. The minimum absolute atomic E-state index is 0.161. The normalized spacial score (nSPS) is 20.5. The largest absolute Gasteiger partial charge is 0.416 e. The highest BCUT2D eigenvalue weighted by Crippen LogP contribution is 2.33. The first kappa shape index (κ1) is 20.9. The van der Waals surface area contributed by atoms with Crippen LogP contribution in [0.1, 0.15) is 31.2 Å². The van der Waals surface area contributed by atoms with Gasteiger partial charge in [0, 0.05) is 30.6 Å². The highest BCUT2D eigenvalue weighted by atomic mass is 32.2. The fraction of sp³-hybridized carbons (Fsp3) is 0.474. The van der Waals surface area contributed by atoms with Crippen molar-refractivity contribution in [3.8, 4) is 0 Å². The van der Waals surface area contributed by atoms with E-state index in [4.69, 9.17) is 0 Å². The van der Waals surface area contributed by atoms with E-state index >= 15 is 0 Å². The standard InChI is InChI=1S/C19H22F4N2O2S/c1-28(27,17-10-15(19(21,22)23)9-16(20)11-17)25-6-4-13(5-7-25)8-18(26)24-12-14-2-3-14/h8-11,14H,1-7,12H2,(H,24,26). The van der Waals surface area contributed by atoms with E-state index in [0.717, 1.165) is 24.5 Å². The van der Waals surface area contributed by atoms with Crippen LogP contribution < -0.4 is 5.32 Å². The van der Waals surface area contributed by atoms with Gasteiger partial charge < -0.3 is 5.32 Å². The molecule has 1 unspecified atom stereocenters. The first-order chi connectivity index (χ1) is 13.1. The second kappa shape index (κ2) is 7.87. The summed E-state index contributed by atoms with van der Waals surface area (Å²) in [6, 6.07) is 1.90. The van der Waals surface area contributed by atoms with Crippen LogP contribution in [0.3, 0.4) is 0 Å². The summed E-state index contributed by atoms with van der Waals surface area (Å²) in [5, 5.41) is 2.84. The maximum Gasteiger partial charge on any atom is 0.416 e. The molecule has 0 bridgehead atoms. The van der Waals surface area contributed by atoms with Crippen molar-refractivity contribution in [2.75, 3.05) is 19.6 Å². The van der Waals surface area contributed by atoms with E-state index in [1.54, 1.807) is 0 Å². The molecule has 3 rings (SSSR count). The Kier molecular flexibility index (Phi) is 5.86. The molecular formula is C19H22F4N2O2S. The first-order valence-electron chi connectivity index (χ1n) is 9.03. The molecule has 4 nitrogen and oxygen atoms in total. The average molecular weight is 418 g/mol. The Bertz CT molecular complexity index is 880. The summed E-state index contributed by atoms with van der Waals surface area (Å²) in [5.41, 5.74) is -0.307. The van der Waals surface area contributed by atoms with Gasteiger partial charge in [-0.15, -0.1) is 0 Å². The van der Waals surface area contributed by atoms with Crippen LogP contribution in [0.5, 0.6) is 0 Å². The molecule has 1 N–H and O–H groups in total. The van der Waals surface area contributed by atoms with Gasteiger partial charge in [0.25, 0.3) is 0 Å². The molecule has 154 valence electrons. The highest BCUT2D eigenvalue weighted by Gasteiger charge is 2.33. The lowest BCUT2D eigenvalue weighted by Gasteiger charge is -2.31. The predicted octanol–water partition coefficient (Wildman–Crippen LogP) is 3.38. The zero-order chi connectivity index (χ0) is 20.5. The molecular weight excluding hydrogens is 396 g/mol. The van der Waals surface area contributed by atoms with Gasteiger partial charge in [0.15, 0.2) is 0 Å². The molecule has 1 saturated heterocycles. The molecule has 0 radical (unpaired) electrons. The zero-order valence-electron chi connectivity index (χ0n) is 15.2. The third-order valence-electron chi connectivity index (χ3n) is 4.95. The van der Waals surface area contributed by atoms with Crippen molar-refractivity contribution in [3.63, 3.8) is 0 Å². The summed E-state index contributed by atoms with van der Waals surface area (Å²) >= 11 is 0. The maximum atomic E-state index is 13.7. The van der Waals surface area contributed by atoms with Crippen molar-refractivity contribution >= 4 is 21.5 Å². The quantitative estimate of drug-likeness (QED) is 0.453. The third-order valence-corrected chi connectivity index (χ3v) is 7.12. The van der Waals surface area contributed by atoms with Gasteiger partial charge in [-0.3, -0.25) is 4.79 Å². The van der Waals surface area contributed by atoms with Gasteiger partial charge in [0.05, 0.1) is 15.3 Å². The lowest BCUT2D eigenvalue weighted by molar-refractivity contribution is -0.138. The van der Waals surface area contributed by atoms with Gasteiger partial charge in [-0.25, -0.2) is 12.9 Å². The molecule has 1 saturated carbocycles. The number of amides is 1. The Morgan fingerprint density at radius 1 is 1.25 bits per heavy atom. The van der Waals surface area contributed by atoms with Gasteiger partial charge in [-0.05, 0) is 55.7 Å². The number of piperidine rings is 1. The second-order valence-corrected chi connectivity index (χ2v) is 9.50. The van der Waals surface area contributed by atoms with E-state index in [1.165, 1.54) is 10.4 Å². The average Bonchev–Trinajstić information content (AvgIpc) is 3.43. The topological polar surface area (TPSA) is 49.4 Å². The van der Waals surface area contributed by atoms with Gasteiger partial charge in [-0.1, -0.05) is 5.57 Å². The first-order valence-corrected chi connectivity index (χ1v) is 10.7. The highest BCUT2D eigenvalue weighted by molar-refractivity contribution is 7.98. The number of carbonyl (C=O) groups excluding carboxylic acids is 1. The fourth-order valence-electron chi connectivity index (χ4n) is 3.08. The molecule has 9 heteroatoms. The smallest absolute Gasteiger partial charge is 0.352 e. The molecule has 1 heterocycles. The van der Waals surface area contributed by atoms with Crippen molar-refractivity contribution in [2.24, 2.45) is 5.92 Å². The molecule has 1 aliphatic carbocycles. The Labute approximate surface area is 161 Å². The van der Waals surface area contributed by atoms with E-state index < -0.39 is 27.3 Å². The lowest BCUT2D eigenvalue weighted by atomic mass is 10.1. The summed E-state index contributed by atoms with van der Waals surface area (Å²) < 4.78 is 67.0. The number of alkyl halides is 3. The molecule has 28 heavy (non-hydrogen) atoms. The van der Waals surface area contributed by atoms with E-state index in [1.807, 2.05) is 0 Å². The Hall–Kier alpha value is -1.87. The van der Waals surface area contributed by atoms with Crippen LogP contribution in [0, 0.1) is 11.7 Å². The van der Waals surface area contributed by atoms with E-state index in [0.29, 0.717) is 37.4 Å². The summed E-state index contributed by atoms with van der Waals surface area (Å²) in [6.45, 7) is 1.20. The number of hydrogen-bond acceptors (Lipinski definition) is 2. The lowest BCUT2D eigenvalue weighted by Crippen LogP contribution is -2.36. The minimum Gasteiger partial charge on any atom is -0.352 e. The molecule has 1 amide bonds.